The second-order valence-corrected chi connectivity index (χ2v) is 5.25. The fourth-order valence-electron chi connectivity index (χ4n) is 2.13. The summed E-state index contributed by atoms with van der Waals surface area (Å²) in [4.78, 5) is 15.9. The van der Waals surface area contributed by atoms with Crippen molar-refractivity contribution in [3.63, 3.8) is 0 Å². The Morgan fingerprint density at radius 2 is 2.00 bits per heavy atom. The largest absolute Gasteiger partial charge is 0.383 e. The summed E-state index contributed by atoms with van der Waals surface area (Å²) in [6.45, 7) is 2.00. The lowest BCUT2D eigenvalue weighted by Gasteiger charge is -2.08. The van der Waals surface area contributed by atoms with E-state index >= 15 is 0 Å². The summed E-state index contributed by atoms with van der Waals surface area (Å²) in [5.74, 6) is 0.0520. The van der Waals surface area contributed by atoms with E-state index in [0.29, 0.717) is 26.0 Å². The molecule has 0 atom stereocenters. The summed E-state index contributed by atoms with van der Waals surface area (Å²) >= 11 is 0. The van der Waals surface area contributed by atoms with Gasteiger partial charge in [0, 0.05) is 44.7 Å². The molecule has 122 valence electrons. The zero-order valence-corrected chi connectivity index (χ0v) is 13.4. The Bertz CT molecular complexity index is 585. The number of benzene rings is 1. The molecule has 0 saturated heterocycles. The molecule has 0 aliphatic rings. The number of pyridine rings is 1. The maximum atomic E-state index is 11.9. The summed E-state index contributed by atoms with van der Waals surface area (Å²) < 4.78 is 4.99. The number of methoxy groups -OCH3 is 1. The summed E-state index contributed by atoms with van der Waals surface area (Å²) in [7, 11) is 1.68. The first kappa shape index (κ1) is 17.0. The van der Waals surface area contributed by atoms with E-state index < -0.39 is 0 Å². The number of aromatic nitrogens is 1. The third kappa shape index (κ3) is 6.48. The number of hydrogen-bond donors (Lipinski definition) is 2. The van der Waals surface area contributed by atoms with Crippen LogP contribution >= 0.6 is 0 Å². The Labute approximate surface area is 137 Å². The van der Waals surface area contributed by atoms with Crippen LogP contribution in [-0.4, -0.2) is 31.2 Å². The van der Waals surface area contributed by atoms with Crippen LogP contribution in [0.15, 0.2) is 48.8 Å². The SMILES string of the molecule is COCCNc1ccc(CNC(=O)CCc2cccnc2)cc1. The highest BCUT2D eigenvalue weighted by Crippen LogP contribution is 2.09. The highest BCUT2D eigenvalue weighted by molar-refractivity contribution is 5.76. The number of carbonyl (C=O) groups is 1. The Morgan fingerprint density at radius 1 is 1.17 bits per heavy atom. The van der Waals surface area contributed by atoms with E-state index in [-0.39, 0.29) is 5.91 Å². The van der Waals surface area contributed by atoms with Crippen molar-refractivity contribution in [1.82, 2.24) is 10.3 Å². The van der Waals surface area contributed by atoms with Gasteiger partial charge in [-0.05, 0) is 35.7 Å². The lowest BCUT2D eigenvalue weighted by Crippen LogP contribution is -2.23. The molecule has 2 rings (SSSR count). The number of nitrogens with one attached hydrogen (secondary N) is 2. The first-order chi connectivity index (χ1) is 11.3. The van der Waals surface area contributed by atoms with Crippen LogP contribution in [0.2, 0.25) is 0 Å². The molecule has 0 aliphatic carbocycles. The van der Waals surface area contributed by atoms with Crippen LogP contribution in [0.3, 0.4) is 0 Å². The molecule has 0 aliphatic heterocycles. The Morgan fingerprint density at radius 3 is 2.70 bits per heavy atom. The molecule has 0 fully saturated rings. The Balaban J connectivity index is 1.69. The van der Waals surface area contributed by atoms with Crippen LogP contribution in [0.25, 0.3) is 0 Å². The minimum Gasteiger partial charge on any atom is -0.383 e. The summed E-state index contributed by atoms with van der Waals surface area (Å²) in [6.07, 6.45) is 4.71. The Kier molecular flexibility index (Phi) is 7.07. The summed E-state index contributed by atoms with van der Waals surface area (Å²) in [5.41, 5.74) is 3.21. The molecule has 1 heterocycles. The van der Waals surface area contributed by atoms with Gasteiger partial charge in [-0.25, -0.2) is 0 Å². The van der Waals surface area contributed by atoms with Crippen LogP contribution in [0, 0.1) is 0 Å². The normalized spacial score (nSPS) is 10.3. The molecule has 2 aromatic rings. The second kappa shape index (κ2) is 9.58. The van der Waals surface area contributed by atoms with E-state index in [0.717, 1.165) is 23.4 Å². The molecular formula is C18H23N3O2. The molecule has 1 aromatic heterocycles. The molecule has 0 unspecified atom stereocenters. The van der Waals surface area contributed by atoms with Crippen molar-refractivity contribution in [3.8, 4) is 0 Å². The topological polar surface area (TPSA) is 63.2 Å². The monoisotopic (exact) mass is 313 g/mol. The lowest BCUT2D eigenvalue weighted by atomic mass is 10.1. The van der Waals surface area contributed by atoms with Crippen LogP contribution in [-0.2, 0) is 22.5 Å². The number of aryl methyl sites for hydroxylation is 1. The predicted molar refractivity (Wildman–Crippen MR) is 91.2 cm³/mol. The fraction of sp³-hybridized carbons (Fsp3) is 0.333. The predicted octanol–water partition coefficient (Wildman–Crippen LogP) is 2.39. The average Bonchev–Trinajstić information content (AvgIpc) is 2.60. The molecule has 5 heteroatoms. The highest BCUT2D eigenvalue weighted by Gasteiger charge is 2.02. The van der Waals surface area contributed by atoms with E-state index in [4.69, 9.17) is 4.74 Å². The van der Waals surface area contributed by atoms with Crippen molar-refractivity contribution < 1.29 is 9.53 Å². The quantitative estimate of drug-likeness (QED) is 0.698. The molecule has 0 radical (unpaired) electrons. The number of carbonyl (C=O) groups excluding carboxylic acids is 1. The number of nitrogens with zero attached hydrogens (tertiary/aromatic N) is 1. The molecule has 1 amide bonds. The van der Waals surface area contributed by atoms with Crippen molar-refractivity contribution in [3.05, 3.63) is 59.9 Å². The highest BCUT2D eigenvalue weighted by atomic mass is 16.5. The molecule has 2 N–H and O–H groups in total. The molecule has 0 bridgehead atoms. The van der Waals surface area contributed by atoms with E-state index in [1.807, 2.05) is 36.4 Å². The molecular weight excluding hydrogens is 290 g/mol. The molecule has 23 heavy (non-hydrogen) atoms. The van der Waals surface area contributed by atoms with Gasteiger partial charge in [0.1, 0.15) is 0 Å². The Hall–Kier alpha value is -2.40. The van der Waals surface area contributed by atoms with Gasteiger partial charge in [0.05, 0.1) is 6.61 Å². The molecule has 0 saturated carbocycles. The maximum Gasteiger partial charge on any atom is 0.220 e. The molecule has 5 nitrogen and oxygen atoms in total. The smallest absolute Gasteiger partial charge is 0.220 e. The van der Waals surface area contributed by atoms with Crippen molar-refractivity contribution in [2.45, 2.75) is 19.4 Å². The van der Waals surface area contributed by atoms with Gasteiger partial charge in [-0.3, -0.25) is 9.78 Å². The van der Waals surface area contributed by atoms with Crippen molar-refractivity contribution in [1.29, 1.82) is 0 Å². The third-order valence-electron chi connectivity index (χ3n) is 3.44. The molecule has 0 spiro atoms. The fourth-order valence-corrected chi connectivity index (χ4v) is 2.13. The van der Waals surface area contributed by atoms with E-state index in [1.54, 1.807) is 19.5 Å². The van der Waals surface area contributed by atoms with Crippen LogP contribution < -0.4 is 10.6 Å². The lowest BCUT2D eigenvalue weighted by molar-refractivity contribution is -0.121. The number of hydrogen-bond acceptors (Lipinski definition) is 4. The van der Waals surface area contributed by atoms with Gasteiger partial charge in [0.2, 0.25) is 5.91 Å². The summed E-state index contributed by atoms with van der Waals surface area (Å²) in [6, 6.07) is 11.9. The van der Waals surface area contributed by atoms with E-state index in [2.05, 4.69) is 15.6 Å². The van der Waals surface area contributed by atoms with Gasteiger partial charge in [-0.2, -0.15) is 0 Å². The maximum absolute atomic E-state index is 11.9. The zero-order chi connectivity index (χ0) is 16.3. The number of rotatable bonds is 9. The van der Waals surface area contributed by atoms with Gasteiger partial charge in [-0.15, -0.1) is 0 Å². The summed E-state index contributed by atoms with van der Waals surface area (Å²) in [5, 5.41) is 6.20. The number of ether oxygens (including phenoxy) is 1. The van der Waals surface area contributed by atoms with E-state index in [1.165, 1.54) is 0 Å². The second-order valence-electron chi connectivity index (χ2n) is 5.25. The first-order valence-corrected chi connectivity index (χ1v) is 7.75. The van der Waals surface area contributed by atoms with Crippen LogP contribution in [0.5, 0.6) is 0 Å². The number of amides is 1. The minimum atomic E-state index is 0.0520. The van der Waals surface area contributed by atoms with Gasteiger partial charge in [0.25, 0.3) is 0 Å². The minimum absolute atomic E-state index is 0.0520. The standard InChI is InChI=1S/C18H23N3O2/c1-23-12-11-20-17-7-4-16(5-8-17)14-21-18(22)9-6-15-3-2-10-19-13-15/h2-5,7-8,10,13,20H,6,9,11-12,14H2,1H3,(H,21,22). The van der Waals surface area contributed by atoms with E-state index in [9.17, 15) is 4.79 Å². The van der Waals surface area contributed by atoms with Crippen molar-refractivity contribution in [2.24, 2.45) is 0 Å². The van der Waals surface area contributed by atoms with Gasteiger partial charge in [0.15, 0.2) is 0 Å². The van der Waals surface area contributed by atoms with Crippen LogP contribution in [0.1, 0.15) is 17.5 Å². The van der Waals surface area contributed by atoms with Crippen molar-refractivity contribution in [2.75, 3.05) is 25.6 Å². The van der Waals surface area contributed by atoms with Gasteiger partial charge < -0.3 is 15.4 Å². The van der Waals surface area contributed by atoms with Gasteiger partial charge >= 0.3 is 0 Å². The average molecular weight is 313 g/mol. The van der Waals surface area contributed by atoms with Crippen molar-refractivity contribution >= 4 is 11.6 Å². The number of anilines is 1. The first-order valence-electron chi connectivity index (χ1n) is 7.75. The van der Waals surface area contributed by atoms with Gasteiger partial charge in [-0.1, -0.05) is 18.2 Å². The van der Waals surface area contributed by atoms with Crippen LogP contribution in [0.4, 0.5) is 5.69 Å². The zero-order valence-electron chi connectivity index (χ0n) is 13.4. The molecule has 1 aromatic carbocycles. The third-order valence-corrected chi connectivity index (χ3v) is 3.44.